The molecular weight excluding hydrogens is 344 g/mol. The standard InChI is InChI=1S/C18H18O8/c1-7-9(15-17(25-5-23-15)11(19)13(7)21-3)10-8(2)14(22-4)12(20)18-16(10)24-6-26-18/h19-20H,5-6H2,1-4H3. The van der Waals surface area contributed by atoms with Crippen LogP contribution >= 0.6 is 0 Å². The van der Waals surface area contributed by atoms with Gasteiger partial charge in [-0.15, -0.1) is 0 Å². The van der Waals surface area contributed by atoms with E-state index in [1.165, 1.54) is 14.2 Å². The lowest BCUT2D eigenvalue weighted by molar-refractivity contribution is 0.170. The lowest BCUT2D eigenvalue weighted by Gasteiger charge is -2.20. The van der Waals surface area contributed by atoms with E-state index in [0.717, 1.165) is 0 Å². The number of hydrogen-bond acceptors (Lipinski definition) is 8. The SMILES string of the molecule is COc1c(C)c(-c2c(C)c(OC)c(O)c3c2OCO3)c2c(c1O)OCO2. The number of fused-ring (bicyclic) bond motifs is 2. The van der Waals surface area contributed by atoms with E-state index in [1.807, 2.05) is 0 Å². The molecule has 0 bridgehead atoms. The largest absolute Gasteiger partial charge is 0.502 e. The highest BCUT2D eigenvalue weighted by atomic mass is 16.7. The van der Waals surface area contributed by atoms with Gasteiger partial charge in [-0.2, -0.15) is 0 Å². The van der Waals surface area contributed by atoms with Gasteiger partial charge in [-0.25, -0.2) is 0 Å². The van der Waals surface area contributed by atoms with Crippen LogP contribution in [0.15, 0.2) is 0 Å². The van der Waals surface area contributed by atoms with Crippen molar-refractivity contribution in [2.45, 2.75) is 13.8 Å². The molecule has 0 aliphatic carbocycles. The summed E-state index contributed by atoms with van der Waals surface area (Å²) in [7, 11) is 2.92. The summed E-state index contributed by atoms with van der Waals surface area (Å²) in [6, 6.07) is 0. The molecule has 2 aromatic carbocycles. The topological polar surface area (TPSA) is 95.8 Å². The zero-order valence-electron chi connectivity index (χ0n) is 14.8. The third-order valence-electron chi connectivity index (χ3n) is 4.63. The summed E-state index contributed by atoms with van der Waals surface area (Å²) < 4.78 is 32.8. The van der Waals surface area contributed by atoms with E-state index < -0.39 is 0 Å². The number of rotatable bonds is 3. The van der Waals surface area contributed by atoms with Gasteiger partial charge in [0.25, 0.3) is 0 Å². The van der Waals surface area contributed by atoms with Crippen molar-refractivity contribution in [1.82, 2.24) is 0 Å². The smallest absolute Gasteiger partial charge is 0.231 e. The molecule has 2 aliphatic heterocycles. The van der Waals surface area contributed by atoms with Gasteiger partial charge < -0.3 is 38.6 Å². The molecule has 8 nitrogen and oxygen atoms in total. The summed E-state index contributed by atoms with van der Waals surface area (Å²) in [5, 5.41) is 20.8. The summed E-state index contributed by atoms with van der Waals surface area (Å²) in [6.45, 7) is 3.51. The van der Waals surface area contributed by atoms with Gasteiger partial charge in [0.1, 0.15) is 0 Å². The molecule has 0 amide bonds. The Hall–Kier alpha value is -3.16. The molecule has 4 rings (SSSR count). The third kappa shape index (κ3) is 1.95. The number of benzene rings is 2. The van der Waals surface area contributed by atoms with Crippen molar-refractivity contribution in [2.24, 2.45) is 0 Å². The minimum atomic E-state index is -0.126. The highest BCUT2D eigenvalue weighted by molar-refractivity contribution is 5.92. The molecule has 0 aromatic heterocycles. The fourth-order valence-corrected chi connectivity index (χ4v) is 3.51. The van der Waals surface area contributed by atoms with Crippen LogP contribution in [-0.4, -0.2) is 38.0 Å². The van der Waals surface area contributed by atoms with E-state index in [1.54, 1.807) is 13.8 Å². The van der Waals surface area contributed by atoms with E-state index >= 15 is 0 Å². The van der Waals surface area contributed by atoms with Gasteiger partial charge in [0, 0.05) is 22.3 Å². The van der Waals surface area contributed by atoms with E-state index in [2.05, 4.69) is 0 Å². The highest BCUT2D eigenvalue weighted by Crippen LogP contribution is 2.61. The van der Waals surface area contributed by atoms with Crippen LogP contribution in [0.1, 0.15) is 11.1 Å². The number of hydrogen-bond donors (Lipinski definition) is 2. The van der Waals surface area contributed by atoms with Crippen molar-refractivity contribution in [3.8, 4) is 57.1 Å². The van der Waals surface area contributed by atoms with Gasteiger partial charge in [0.05, 0.1) is 14.2 Å². The Bertz CT molecular complexity index is 836. The Labute approximate surface area is 149 Å². The Balaban J connectivity index is 2.13. The van der Waals surface area contributed by atoms with Crippen molar-refractivity contribution in [3.05, 3.63) is 11.1 Å². The second kappa shape index (κ2) is 5.69. The summed E-state index contributed by atoms with van der Waals surface area (Å²) >= 11 is 0. The molecule has 2 heterocycles. The fourth-order valence-electron chi connectivity index (χ4n) is 3.51. The first-order valence-electron chi connectivity index (χ1n) is 7.89. The quantitative estimate of drug-likeness (QED) is 0.861. The van der Waals surface area contributed by atoms with Crippen molar-refractivity contribution >= 4 is 0 Å². The molecule has 0 unspecified atom stereocenters. The maximum atomic E-state index is 10.4. The molecule has 0 radical (unpaired) electrons. The average molecular weight is 362 g/mol. The number of phenolic OH excluding ortho intramolecular Hbond substituents is 2. The maximum Gasteiger partial charge on any atom is 0.231 e. The van der Waals surface area contributed by atoms with Crippen molar-refractivity contribution in [1.29, 1.82) is 0 Å². The Morgan fingerprint density at radius 3 is 1.35 bits per heavy atom. The summed E-state index contributed by atoms with van der Waals surface area (Å²) in [6.07, 6.45) is 0. The van der Waals surface area contributed by atoms with Gasteiger partial charge >= 0.3 is 0 Å². The van der Waals surface area contributed by atoms with E-state index in [-0.39, 0.29) is 48.1 Å². The zero-order chi connectivity index (χ0) is 18.6. The minimum Gasteiger partial charge on any atom is -0.502 e. The van der Waals surface area contributed by atoms with Crippen LogP contribution in [0.5, 0.6) is 46.0 Å². The van der Waals surface area contributed by atoms with Gasteiger partial charge in [-0.3, -0.25) is 0 Å². The Morgan fingerprint density at radius 1 is 0.654 bits per heavy atom. The monoisotopic (exact) mass is 362 g/mol. The van der Waals surface area contributed by atoms with E-state index in [0.29, 0.717) is 33.8 Å². The van der Waals surface area contributed by atoms with Crippen LogP contribution in [0.4, 0.5) is 0 Å². The maximum absolute atomic E-state index is 10.4. The van der Waals surface area contributed by atoms with Crippen LogP contribution in [0.25, 0.3) is 11.1 Å². The molecule has 2 aliphatic rings. The molecule has 138 valence electrons. The molecule has 0 saturated carbocycles. The van der Waals surface area contributed by atoms with Crippen molar-refractivity contribution < 1.29 is 38.6 Å². The summed E-state index contributed by atoms with van der Waals surface area (Å²) in [5.41, 5.74) is 2.49. The first-order chi connectivity index (χ1) is 12.5. The van der Waals surface area contributed by atoms with Crippen molar-refractivity contribution in [3.63, 3.8) is 0 Å². The predicted molar refractivity (Wildman–Crippen MR) is 90.0 cm³/mol. The number of aromatic hydroxyl groups is 2. The number of ether oxygens (including phenoxy) is 6. The number of phenols is 2. The molecule has 2 aromatic rings. The Kier molecular flexibility index (Phi) is 3.57. The molecule has 26 heavy (non-hydrogen) atoms. The highest BCUT2D eigenvalue weighted by Gasteiger charge is 2.36. The lowest BCUT2D eigenvalue weighted by atomic mass is 9.92. The normalized spacial score (nSPS) is 13.8. The van der Waals surface area contributed by atoms with Gasteiger partial charge in [0.15, 0.2) is 23.0 Å². The van der Waals surface area contributed by atoms with Crippen molar-refractivity contribution in [2.75, 3.05) is 27.8 Å². The van der Waals surface area contributed by atoms with Crippen LogP contribution in [0, 0.1) is 13.8 Å². The summed E-state index contributed by atoms with van der Waals surface area (Å²) in [5.74, 6) is 1.41. The Morgan fingerprint density at radius 2 is 1.00 bits per heavy atom. The van der Waals surface area contributed by atoms with Gasteiger partial charge in [-0.05, 0) is 13.8 Å². The first-order valence-corrected chi connectivity index (χ1v) is 7.89. The predicted octanol–water partition coefficient (Wildman–Crippen LogP) is 2.86. The average Bonchev–Trinajstić information content (AvgIpc) is 3.28. The summed E-state index contributed by atoms with van der Waals surface area (Å²) in [4.78, 5) is 0. The second-order valence-electron chi connectivity index (χ2n) is 5.89. The third-order valence-corrected chi connectivity index (χ3v) is 4.63. The van der Waals surface area contributed by atoms with Gasteiger partial charge in [-0.1, -0.05) is 0 Å². The molecule has 8 heteroatoms. The molecule has 0 spiro atoms. The van der Waals surface area contributed by atoms with Crippen LogP contribution in [0.2, 0.25) is 0 Å². The molecule has 0 saturated heterocycles. The fraction of sp³-hybridized carbons (Fsp3) is 0.333. The second-order valence-corrected chi connectivity index (χ2v) is 5.89. The van der Waals surface area contributed by atoms with E-state index in [9.17, 15) is 10.2 Å². The van der Waals surface area contributed by atoms with Gasteiger partial charge in [0.2, 0.25) is 36.6 Å². The lowest BCUT2D eigenvalue weighted by Crippen LogP contribution is -1.99. The molecule has 2 N–H and O–H groups in total. The van der Waals surface area contributed by atoms with Crippen LogP contribution < -0.4 is 28.4 Å². The molecule has 0 fully saturated rings. The van der Waals surface area contributed by atoms with Crippen LogP contribution in [-0.2, 0) is 0 Å². The van der Waals surface area contributed by atoms with Crippen LogP contribution in [0.3, 0.4) is 0 Å². The zero-order valence-corrected chi connectivity index (χ0v) is 14.8. The first kappa shape index (κ1) is 16.3. The van der Waals surface area contributed by atoms with E-state index in [4.69, 9.17) is 28.4 Å². The molecular formula is C18H18O8. The molecule has 0 atom stereocenters. The number of methoxy groups -OCH3 is 2. The minimum absolute atomic E-state index is 0.0314.